The summed E-state index contributed by atoms with van der Waals surface area (Å²) in [6.07, 6.45) is 2.12. The SMILES string of the molecule is O=C(O)c1ccc(SC2CCOCC2)cc1Br. The molecule has 92 valence electrons. The van der Waals surface area contributed by atoms with E-state index in [-0.39, 0.29) is 0 Å². The molecule has 17 heavy (non-hydrogen) atoms. The number of aromatic carboxylic acids is 1. The molecule has 5 heteroatoms. The zero-order chi connectivity index (χ0) is 12.3. The Morgan fingerprint density at radius 2 is 2.12 bits per heavy atom. The zero-order valence-electron chi connectivity index (χ0n) is 9.19. The van der Waals surface area contributed by atoms with E-state index in [1.165, 1.54) is 0 Å². The van der Waals surface area contributed by atoms with Crippen LogP contribution >= 0.6 is 27.7 Å². The van der Waals surface area contributed by atoms with Gasteiger partial charge in [0.15, 0.2) is 0 Å². The van der Waals surface area contributed by atoms with Gasteiger partial charge in [-0.1, -0.05) is 0 Å². The summed E-state index contributed by atoms with van der Waals surface area (Å²) in [7, 11) is 0. The highest BCUT2D eigenvalue weighted by Crippen LogP contribution is 2.32. The minimum absolute atomic E-state index is 0.307. The summed E-state index contributed by atoms with van der Waals surface area (Å²) >= 11 is 5.09. The van der Waals surface area contributed by atoms with Crippen molar-refractivity contribution < 1.29 is 14.6 Å². The van der Waals surface area contributed by atoms with Crippen LogP contribution < -0.4 is 0 Å². The first-order valence-electron chi connectivity index (χ1n) is 5.44. The number of carbonyl (C=O) groups is 1. The lowest BCUT2D eigenvalue weighted by molar-refractivity contribution is 0.0696. The van der Waals surface area contributed by atoms with E-state index in [2.05, 4.69) is 15.9 Å². The lowest BCUT2D eigenvalue weighted by Crippen LogP contribution is -2.17. The molecule has 0 bridgehead atoms. The maximum Gasteiger partial charge on any atom is 0.336 e. The van der Waals surface area contributed by atoms with Gasteiger partial charge in [0, 0.05) is 27.8 Å². The molecule has 1 aromatic carbocycles. The summed E-state index contributed by atoms with van der Waals surface area (Å²) in [6, 6.07) is 5.39. The predicted octanol–water partition coefficient (Wildman–Crippen LogP) is 3.42. The van der Waals surface area contributed by atoms with Crippen molar-refractivity contribution in [2.45, 2.75) is 23.0 Å². The average Bonchev–Trinajstić information content (AvgIpc) is 2.30. The average molecular weight is 317 g/mol. The molecule has 0 radical (unpaired) electrons. The Morgan fingerprint density at radius 1 is 1.41 bits per heavy atom. The third kappa shape index (κ3) is 3.47. The Morgan fingerprint density at radius 3 is 2.71 bits per heavy atom. The molecule has 0 amide bonds. The van der Waals surface area contributed by atoms with Gasteiger partial charge in [0.05, 0.1) is 5.56 Å². The van der Waals surface area contributed by atoms with Gasteiger partial charge in [0.2, 0.25) is 0 Å². The summed E-state index contributed by atoms with van der Waals surface area (Å²) in [4.78, 5) is 12.0. The topological polar surface area (TPSA) is 46.5 Å². The number of rotatable bonds is 3. The second-order valence-corrected chi connectivity index (χ2v) is 6.10. The van der Waals surface area contributed by atoms with Gasteiger partial charge >= 0.3 is 5.97 Å². The number of benzene rings is 1. The van der Waals surface area contributed by atoms with Crippen molar-refractivity contribution in [2.24, 2.45) is 0 Å². The van der Waals surface area contributed by atoms with E-state index in [1.807, 2.05) is 12.1 Å². The summed E-state index contributed by atoms with van der Waals surface area (Å²) in [5, 5.41) is 9.50. The van der Waals surface area contributed by atoms with Crippen molar-refractivity contribution in [1.29, 1.82) is 0 Å². The molecule has 1 aliphatic rings. The number of thioether (sulfide) groups is 1. The lowest BCUT2D eigenvalue weighted by atomic mass is 10.2. The molecule has 3 nitrogen and oxygen atoms in total. The van der Waals surface area contributed by atoms with Gasteiger partial charge in [0.1, 0.15) is 0 Å². The molecule has 1 aliphatic heterocycles. The molecule has 1 saturated heterocycles. The highest BCUT2D eigenvalue weighted by atomic mass is 79.9. The van der Waals surface area contributed by atoms with E-state index in [0.29, 0.717) is 15.3 Å². The predicted molar refractivity (Wildman–Crippen MR) is 70.8 cm³/mol. The molecular weight excluding hydrogens is 304 g/mol. The zero-order valence-corrected chi connectivity index (χ0v) is 11.6. The Kier molecular flexibility index (Phi) is 4.48. The maximum atomic E-state index is 10.9. The maximum absolute atomic E-state index is 10.9. The van der Waals surface area contributed by atoms with E-state index >= 15 is 0 Å². The summed E-state index contributed by atoms with van der Waals surface area (Å²) in [6.45, 7) is 1.65. The fourth-order valence-corrected chi connectivity index (χ4v) is 3.57. The molecule has 1 aromatic rings. The molecule has 0 aromatic heterocycles. The third-order valence-corrected chi connectivity index (χ3v) is 4.63. The summed E-state index contributed by atoms with van der Waals surface area (Å²) in [5.41, 5.74) is 0.307. The van der Waals surface area contributed by atoms with Crippen molar-refractivity contribution in [2.75, 3.05) is 13.2 Å². The molecular formula is C12H13BrO3S. The van der Waals surface area contributed by atoms with Crippen molar-refractivity contribution in [3.8, 4) is 0 Å². The quantitative estimate of drug-likeness (QED) is 0.928. The fraction of sp³-hybridized carbons (Fsp3) is 0.417. The standard InChI is InChI=1S/C12H13BrO3S/c13-11-7-9(1-2-10(11)12(14)15)17-8-3-5-16-6-4-8/h1-2,7-8H,3-6H2,(H,14,15). The van der Waals surface area contributed by atoms with Crippen LogP contribution in [0.5, 0.6) is 0 Å². The third-order valence-electron chi connectivity index (χ3n) is 2.64. The Labute approximate surface area is 113 Å². The van der Waals surface area contributed by atoms with Crippen LogP contribution in [0, 0.1) is 0 Å². The summed E-state index contributed by atoms with van der Waals surface area (Å²) in [5.74, 6) is -0.903. The van der Waals surface area contributed by atoms with Gasteiger partial charge in [-0.2, -0.15) is 0 Å². The second-order valence-electron chi connectivity index (χ2n) is 3.88. The molecule has 1 heterocycles. The minimum Gasteiger partial charge on any atom is -0.478 e. The van der Waals surface area contributed by atoms with Crippen LogP contribution in [-0.2, 0) is 4.74 Å². The van der Waals surface area contributed by atoms with Gasteiger partial charge in [-0.25, -0.2) is 4.79 Å². The number of halogens is 1. The first-order valence-corrected chi connectivity index (χ1v) is 7.11. The minimum atomic E-state index is -0.903. The van der Waals surface area contributed by atoms with E-state index < -0.39 is 5.97 Å². The fourth-order valence-electron chi connectivity index (χ4n) is 1.73. The van der Waals surface area contributed by atoms with Crippen molar-refractivity contribution in [3.05, 3.63) is 28.2 Å². The number of carboxylic acid groups (broad SMARTS) is 1. The number of hydrogen-bond acceptors (Lipinski definition) is 3. The van der Waals surface area contributed by atoms with Crippen LogP contribution in [0.2, 0.25) is 0 Å². The number of carboxylic acids is 1. The first kappa shape index (κ1) is 12.9. The monoisotopic (exact) mass is 316 g/mol. The second kappa shape index (κ2) is 5.89. The van der Waals surface area contributed by atoms with Gasteiger partial charge in [-0.05, 0) is 47.0 Å². The molecule has 2 rings (SSSR count). The Bertz CT molecular complexity index is 416. The van der Waals surface area contributed by atoms with E-state index in [1.54, 1.807) is 17.8 Å². The molecule has 0 unspecified atom stereocenters. The van der Waals surface area contributed by atoms with Crippen LogP contribution in [0.3, 0.4) is 0 Å². The van der Waals surface area contributed by atoms with Crippen molar-refractivity contribution >= 4 is 33.7 Å². The van der Waals surface area contributed by atoms with Crippen LogP contribution in [0.15, 0.2) is 27.6 Å². The molecule has 0 atom stereocenters. The van der Waals surface area contributed by atoms with Gasteiger partial charge in [-0.15, -0.1) is 11.8 Å². The number of ether oxygens (including phenoxy) is 1. The largest absolute Gasteiger partial charge is 0.478 e. The van der Waals surface area contributed by atoms with Crippen LogP contribution in [0.25, 0.3) is 0 Å². The van der Waals surface area contributed by atoms with E-state index in [4.69, 9.17) is 9.84 Å². The van der Waals surface area contributed by atoms with Gasteiger partial charge < -0.3 is 9.84 Å². The highest BCUT2D eigenvalue weighted by Gasteiger charge is 2.16. The Hall–Kier alpha value is -0.520. The molecule has 0 spiro atoms. The van der Waals surface area contributed by atoms with Crippen molar-refractivity contribution in [1.82, 2.24) is 0 Å². The van der Waals surface area contributed by atoms with Gasteiger partial charge in [0.25, 0.3) is 0 Å². The normalized spacial score (nSPS) is 17.0. The van der Waals surface area contributed by atoms with E-state index in [0.717, 1.165) is 31.0 Å². The smallest absolute Gasteiger partial charge is 0.336 e. The molecule has 1 N–H and O–H groups in total. The van der Waals surface area contributed by atoms with Gasteiger partial charge in [-0.3, -0.25) is 0 Å². The first-order chi connectivity index (χ1) is 8.16. The highest BCUT2D eigenvalue weighted by molar-refractivity contribution is 9.10. The lowest BCUT2D eigenvalue weighted by Gasteiger charge is -2.21. The van der Waals surface area contributed by atoms with Crippen LogP contribution in [0.4, 0.5) is 0 Å². The molecule has 1 fully saturated rings. The van der Waals surface area contributed by atoms with Crippen LogP contribution in [-0.4, -0.2) is 29.5 Å². The van der Waals surface area contributed by atoms with Crippen LogP contribution in [0.1, 0.15) is 23.2 Å². The Balaban J connectivity index is 2.06. The van der Waals surface area contributed by atoms with E-state index in [9.17, 15) is 4.79 Å². The number of hydrogen-bond donors (Lipinski definition) is 1. The van der Waals surface area contributed by atoms with Crippen molar-refractivity contribution in [3.63, 3.8) is 0 Å². The molecule has 0 saturated carbocycles. The summed E-state index contributed by atoms with van der Waals surface area (Å²) < 4.78 is 5.95. The molecule has 0 aliphatic carbocycles.